The van der Waals surface area contributed by atoms with Crippen LogP contribution in [0.2, 0.25) is 0 Å². The van der Waals surface area contributed by atoms with E-state index in [1.807, 2.05) is 48.3 Å². The fourth-order valence-corrected chi connectivity index (χ4v) is 2.78. The highest BCUT2D eigenvalue weighted by Gasteiger charge is 2.24. The number of pyridine rings is 1. The molecule has 3 N–H and O–H groups in total. The van der Waals surface area contributed by atoms with Gasteiger partial charge in [-0.25, -0.2) is 4.79 Å². The van der Waals surface area contributed by atoms with Crippen LogP contribution >= 0.6 is 0 Å². The minimum atomic E-state index is -0.258. The van der Waals surface area contributed by atoms with Gasteiger partial charge >= 0.3 is 6.03 Å². The molecule has 25 heavy (non-hydrogen) atoms. The average Bonchev–Trinajstić information content (AvgIpc) is 2.62. The molecule has 7 nitrogen and oxygen atoms in total. The molecule has 0 unspecified atom stereocenters. The number of benzene rings is 1. The maximum absolute atomic E-state index is 12.0. The fraction of sp³-hybridized carbons (Fsp3) is 0.278. The topological polar surface area (TPSA) is 86.4 Å². The van der Waals surface area contributed by atoms with Crippen LogP contribution in [0.4, 0.5) is 10.5 Å². The number of amides is 3. The Hall–Kier alpha value is -2.93. The molecule has 0 bridgehead atoms. The molecule has 3 amide bonds. The Morgan fingerprint density at radius 2 is 1.96 bits per heavy atom. The summed E-state index contributed by atoms with van der Waals surface area (Å²) in [5, 5.41) is 8.49. The summed E-state index contributed by atoms with van der Waals surface area (Å²) in [5.74, 6) is 0.0444. The van der Waals surface area contributed by atoms with E-state index in [0.717, 1.165) is 16.8 Å². The summed E-state index contributed by atoms with van der Waals surface area (Å²) in [7, 11) is 1.93. The van der Waals surface area contributed by atoms with Gasteiger partial charge in [-0.15, -0.1) is 0 Å². The zero-order valence-electron chi connectivity index (χ0n) is 14.0. The van der Waals surface area contributed by atoms with E-state index in [1.54, 1.807) is 12.4 Å². The molecule has 2 aromatic rings. The standard InChI is InChI=1S/C18H21N5O2/c1-23-12-17(24)20-11-16(23)14-2-4-15(5-3-14)22-18(25)21-10-13-6-8-19-9-7-13/h2-9,16H,10-12H2,1H3,(H,20,24)(H2,21,22,25)/t16-/m1/s1. The number of carbonyl (C=O) groups excluding carboxylic acids is 2. The monoisotopic (exact) mass is 339 g/mol. The third kappa shape index (κ3) is 4.54. The molecule has 1 aliphatic rings. The molecule has 2 heterocycles. The van der Waals surface area contributed by atoms with Crippen molar-refractivity contribution in [1.29, 1.82) is 0 Å². The molecule has 1 saturated heterocycles. The number of rotatable bonds is 4. The van der Waals surface area contributed by atoms with E-state index in [1.165, 1.54) is 0 Å². The number of nitrogens with one attached hydrogen (secondary N) is 3. The molecule has 7 heteroatoms. The first-order valence-corrected chi connectivity index (χ1v) is 8.12. The molecule has 3 rings (SSSR count). The van der Waals surface area contributed by atoms with Crippen molar-refractivity contribution in [2.45, 2.75) is 12.6 Å². The Morgan fingerprint density at radius 1 is 1.24 bits per heavy atom. The zero-order chi connectivity index (χ0) is 17.6. The Kier molecular flexibility index (Phi) is 5.25. The number of nitrogens with zero attached hydrogens (tertiary/aromatic N) is 2. The van der Waals surface area contributed by atoms with Crippen LogP contribution in [0.1, 0.15) is 17.2 Å². The number of carbonyl (C=O) groups is 2. The second-order valence-corrected chi connectivity index (χ2v) is 6.02. The minimum absolute atomic E-state index is 0.0444. The first-order chi connectivity index (χ1) is 12.1. The summed E-state index contributed by atoms with van der Waals surface area (Å²) in [6.07, 6.45) is 3.39. The molecular weight excluding hydrogens is 318 g/mol. The van der Waals surface area contributed by atoms with Crippen molar-refractivity contribution in [1.82, 2.24) is 20.5 Å². The molecular formula is C18H21N5O2. The van der Waals surface area contributed by atoms with E-state index in [2.05, 4.69) is 20.9 Å². The van der Waals surface area contributed by atoms with Crippen molar-refractivity contribution in [3.8, 4) is 0 Å². The van der Waals surface area contributed by atoms with Gasteiger partial charge in [-0.3, -0.25) is 14.7 Å². The molecule has 0 radical (unpaired) electrons. The number of piperazine rings is 1. The molecule has 1 aromatic heterocycles. The first kappa shape index (κ1) is 16.9. The Morgan fingerprint density at radius 3 is 2.64 bits per heavy atom. The lowest BCUT2D eigenvalue weighted by Gasteiger charge is -2.32. The van der Waals surface area contributed by atoms with Crippen molar-refractivity contribution < 1.29 is 9.59 Å². The number of aromatic nitrogens is 1. The van der Waals surface area contributed by atoms with Gasteiger partial charge in [0.15, 0.2) is 0 Å². The van der Waals surface area contributed by atoms with Crippen molar-refractivity contribution in [3.05, 3.63) is 59.9 Å². The molecule has 1 fully saturated rings. The van der Waals surface area contributed by atoms with Crippen LogP contribution in [0.15, 0.2) is 48.8 Å². The maximum atomic E-state index is 12.0. The quantitative estimate of drug-likeness (QED) is 0.788. The van der Waals surface area contributed by atoms with Gasteiger partial charge in [-0.2, -0.15) is 0 Å². The van der Waals surface area contributed by atoms with Crippen LogP contribution in [0.3, 0.4) is 0 Å². The predicted octanol–water partition coefficient (Wildman–Crippen LogP) is 1.51. The van der Waals surface area contributed by atoms with Gasteiger partial charge in [0.2, 0.25) is 5.91 Å². The third-order valence-electron chi connectivity index (χ3n) is 4.17. The molecule has 1 aromatic carbocycles. The summed E-state index contributed by atoms with van der Waals surface area (Å²) < 4.78 is 0. The van der Waals surface area contributed by atoms with Crippen LogP contribution in [-0.2, 0) is 11.3 Å². The van der Waals surface area contributed by atoms with Crippen LogP contribution in [0.25, 0.3) is 0 Å². The minimum Gasteiger partial charge on any atom is -0.353 e. The van der Waals surface area contributed by atoms with Gasteiger partial charge in [-0.05, 0) is 42.4 Å². The summed E-state index contributed by atoms with van der Waals surface area (Å²) in [5.41, 5.74) is 2.81. The third-order valence-corrected chi connectivity index (χ3v) is 4.17. The second kappa shape index (κ2) is 7.76. The van der Waals surface area contributed by atoms with Crippen molar-refractivity contribution in [3.63, 3.8) is 0 Å². The SMILES string of the molecule is CN1CC(=O)NC[C@@H]1c1ccc(NC(=O)NCc2ccncc2)cc1. The van der Waals surface area contributed by atoms with Crippen LogP contribution in [0.5, 0.6) is 0 Å². The van der Waals surface area contributed by atoms with E-state index in [0.29, 0.717) is 19.6 Å². The number of hydrogen-bond acceptors (Lipinski definition) is 4. The first-order valence-electron chi connectivity index (χ1n) is 8.12. The lowest BCUT2D eigenvalue weighted by molar-refractivity contribution is -0.125. The highest BCUT2D eigenvalue weighted by Crippen LogP contribution is 2.22. The number of anilines is 1. The Balaban J connectivity index is 1.53. The van der Waals surface area contributed by atoms with E-state index >= 15 is 0 Å². The Bertz CT molecular complexity index is 733. The van der Waals surface area contributed by atoms with Gasteiger partial charge in [0, 0.05) is 31.2 Å². The average molecular weight is 339 g/mol. The van der Waals surface area contributed by atoms with Crippen molar-refractivity contribution >= 4 is 17.6 Å². The molecule has 0 aliphatic carbocycles. The fourth-order valence-electron chi connectivity index (χ4n) is 2.78. The van der Waals surface area contributed by atoms with E-state index < -0.39 is 0 Å². The van der Waals surface area contributed by atoms with Gasteiger partial charge < -0.3 is 16.0 Å². The summed E-state index contributed by atoms with van der Waals surface area (Å²) in [6.45, 7) is 1.43. The molecule has 0 saturated carbocycles. The van der Waals surface area contributed by atoms with Crippen molar-refractivity contribution in [2.24, 2.45) is 0 Å². The van der Waals surface area contributed by atoms with Crippen LogP contribution < -0.4 is 16.0 Å². The molecule has 1 atom stereocenters. The highest BCUT2D eigenvalue weighted by atomic mass is 16.2. The van der Waals surface area contributed by atoms with E-state index in [9.17, 15) is 9.59 Å². The van der Waals surface area contributed by atoms with Gasteiger partial charge in [0.25, 0.3) is 0 Å². The lowest BCUT2D eigenvalue weighted by atomic mass is 10.0. The Labute approximate surface area is 146 Å². The second-order valence-electron chi connectivity index (χ2n) is 6.02. The van der Waals surface area contributed by atoms with E-state index in [-0.39, 0.29) is 18.0 Å². The summed E-state index contributed by atoms with van der Waals surface area (Å²) in [4.78, 5) is 29.3. The highest BCUT2D eigenvalue weighted by molar-refractivity contribution is 5.89. The van der Waals surface area contributed by atoms with Gasteiger partial charge in [0.1, 0.15) is 0 Å². The number of urea groups is 1. The van der Waals surface area contributed by atoms with Gasteiger partial charge in [0.05, 0.1) is 12.6 Å². The van der Waals surface area contributed by atoms with Crippen LogP contribution in [0, 0.1) is 0 Å². The molecule has 130 valence electrons. The zero-order valence-corrected chi connectivity index (χ0v) is 14.0. The molecule has 0 spiro atoms. The maximum Gasteiger partial charge on any atom is 0.319 e. The summed E-state index contributed by atoms with van der Waals surface area (Å²) in [6, 6.07) is 11.3. The molecule has 1 aliphatic heterocycles. The predicted molar refractivity (Wildman–Crippen MR) is 94.9 cm³/mol. The summed E-state index contributed by atoms with van der Waals surface area (Å²) >= 11 is 0. The van der Waals surface area contributed by atoms with E-state index in [4.69, 9.17) is 0 Å². The smallest absolute Gasteiger partial charge is 0.319 e. The largest absolute Gasteiger partial charge is 0.353 e. The van der Waals surface area contributed by atoms with Crippen molar-refractivity contribution in [2.75, 3.05) is 25.5 Å². The van der Waals surface area contributed by atoms with Gasteiger partial charge in [-0.1, -0.05) is 12.1 Å². The number of likely N-dealkylation sites (N-methyl/N-ethyl adjacent to an activating group) is 1. The number of hydrogen-bond donors (Lipinski definition) is 3. The lowest BCUT2D eigenvalue weighted by Crippen LogP contribution is -2.47. The normalized spacial score (nSPS) is 17.6. The van der Waals surface area contributed by atoms with Crippen LogP contribution in [-0.4, -0.2) is 42.0 Å².